The maximum atomic E-state index is 15.2. The third-order valence-corrected chi connectivity index (χ3v) is 6.42. The average Bonchev–Trinajstić information content (AvgIpc) is 2.88. The number of unbranched alkanes of at least 4 members (excludes halogenated alkanes) is 4. The van der Waals surface area contributed by atoms with Gasteiger partial charge in [0.05, 0.1) is 54.2 Å². The largest absolute Gasteiger partial charge is 0.469 e. The van der Waals surface area contributed by atoms with Gasteiger partial charge in [-0.3, -0.25) is 4.79 Å². The van der Waals surface area contributed by atoms with Gasteiger partial charge >= 0.3 is 24.1 Å². The predicted octanol–water partition coefficient (Wildman–Crippen LogP) is 5.91. The first-order chi connectivity index (χ1) is 18.4. The number of alkyl halides is 4. The number of hydrogen-bond acceptors (Lipinski definition) is 7. The quantitative estimate of drug-likeness (QED) is 0.142. The van der Waals surface area contributed by atoms with E-state index >= 15 is 4.39 Å². The molecular formula is C26H29ClF5NO6. The van der Waals surface area contributed by atoms with Gasteiger partial charge in [-0.2, -0.15) is 13.2 Å². The van der Waals surface area contributed by atoms with E-state index in [4.69, 9.17) is 16.3 Å². The summed E-state index contributed by atoms with van der Waals surface area (Å²) >= 11 is 5.81. The lowest BCUT2D eigenvalue weighted by Crippen LogP contribution is -2.35. The molecule has 216 valence electrons. The molecule has 0 fully saturated rings. The molecule has 0 saturated carbocycles. The van der Waals surface area contributed by atoms with Crippen molar-refractivity contribution < 1.29 is 50.5 Å². The van der Waals surface area contributed by atoms with Crippen LogP contribution in [0.3, 0.4) is 0 Å². The van der Waals surface area contributed by atoms with Crippen molar-refractivity contribution in [2.75, 3.05) is 27.5 Å². The van der Waals surface area contributed by atoms with Crippen molar-refractivity contribution in [2.45, 2.75) is 57.5 Å². The Hall–Kier alpha value is -3.15. The highest BCUT2D eigenvalue weighted by Crippen LogP contribution is 2.47. The lowest BCUT2D eigenvalue weighted by Gasteiger charge is -2.32. The number of allylic oxidation sites excluding steroid dienone is 2. The Morgan fingerprint density at radius 3 is 2.21 bits per heavy atom. The summed E-state index contributed by atoms with van der Waals surface area (Å²) in [6, 6.07) is 1.36. The zero-order chi connectivity index (χ0) is 29.3. The number of carbonyl (C=O) groups excluding carboxylic acids is 3. The summed E-state index contributed by atoms with van der Waals surface area (Å²) in [4.78, 5) is 37.0. The van der Waals surface area contributed by atoms with E-state index in [1.165, 1.54) is 14.0 Å². The first-order valence-electron chi connectivity index (χ1n) is 12.0. The van der Waals surface area contributed by atoms with Crippen LogP contribution in [0.5, 0.6) is 0 Å². The van der Waals surface area contributed by atoms with Gasteiger partial charge in [-0.25, -0.2) is 18.4 Å². The number of ether oxygens (including phenoxy) is 3. The van der Waals surface area contributed by atoms with Crippen LogP contribution in [0.15, 0.2) is 34.7 Å². The summed E-state index contributed by atoms with van der Waals surface area (Å²) in [7, 11) is 2.21. The Kier molecular flexibility index (Phi) is 11.8. The maximum Gasteiger partial charge on any atom is 0.418 e. The van der Waals surface area contributed by atoms with Gasteiger partial charge in [-0.05, 0) is 31.9 Å². The first kappa shape index (κ1) is 32.1. The zero-order valence-electron chi connectivity index (χ0n) is 21.6. The molecule has 13 heteroatoms. The standard InChI is InChI=1S/C26H29ClF5NO6/c1-14-19(25(36)39-12-8-6-4-5-7-9-18(34)37-2)22(21(24(35)38-3)17(13-28)33-14)20-16(29)11-10-15(27)23(20)26(30,31)32/h10-11,22,33H,4-9,12-13H2,1-3H3. The van der Waals surface area contributed by atoms with Crippen LogP contribution in [-0.2, 0) is 34.8 Å². The van der Waals surface area contributed by atoms with E-state index in [0.29, 0.717) is 31.4 Å². The maximum absolute atomic E-state index is 15.2. The predicted molar refractivity (Wildman–Crippen MR) is 131 cm³/mol. The van der Waals surface area contributed by atoms with Crippen molar-refractivity contribution in [2.24, 2.45) is 0 Å². The summed E-state index contributed by atoms with van der Waals surface area (Å²) < 4.78 is 85.8. The molecule has 0 amide bonds. The van der Waals surface area contributed by atoms with Crippen LogP contribution in [0.2, 0.25) is 5.02 Å². The summed E-state index contributed by atoms with van der Waals surface area (Å²) in [6.45, 7) is -0.207. The molecule has 0 spiro atoms. The molecule has 1 aliphatic heterocycles. The number of esters is 3. The van der Waals surface area contributed by atoms with E-state index in [-0.39, 0.29) is 24.7 Å². The fraction of sp³-hybridized carbons (Fsp3) is 0.500. The van der Waals surface area contributed by atoms with Gasteiger partial charge in [0.1, 0.15) is 12.5 Å². The smallest absolute Gasteiger partial charge is 0.418 e. The highest BCUT2D eigenvalue weighted by molar-refractivity contribution is 6.31. The molecule has 39 heavy (non-hydrogen) atoms. The van der Waals surface area contributed by atoms with E-state index in [1.54, 1.807) is 0 Å². The van der Waals surface area contributed by atoms with Gasteiger partial charge in [0.25, 0.3) is 0 Å². The molecule has 0 radical (unpaired) electrons. The third-order valence-electron chi connectivity index (χ3n) is 6.10. The van der Waals surface area contributed by atoms with Gasteiger partial charge < -0.3 is 19.5 Å². The summed E-state index contributed by atoms with van der Waals surface area (Å²) in [5.41, 5.74) is -4.58. The monoisotopic (exact) mass is 581 g/mol. The van der Waals surface area contributed by atoms with E-state index in [9.17, 15) is 31.9 Å². The van der Waals surface area contributed by atoms with E-state index in [2.05, 4.69) is 14.8 Å². The molecule has 1 N–H and O–H groups in total. The molecule has 0 saturated heterocycles. The second kappa shape index (κ2) is 14.3. The van der Waals surface area contributed by atoms with Crippen LogP contribution in [0.25, 0.3) is 0 Å². The zero-order valence-corrected chi connectivity index (χ0v) is 22.4. The Labute approximate surface area is 227 Å². The van der Waals surface area contributed by atoms with Crippen molar-refractivity contribution in [1.82, 2.24) is 5.32 Å². The topological polar surface area (TPSA) is 90.9 Å². The minimum Gasteiger partial charge on any atom is -0.469 e. The van der Waals surface area contributed by atoms with E-state index in [1.807, 2.05) is 0 Å². The second-order valence-corrected chi connectivity index (χ2v) is 9.07. The van der Waals surface area contributed by atoms with Gasteiger partial charge in [0.2, 0.25) is 0 Å². The van der Waals surface area contributed by atoms with Crippen molar-refractivity contribution >= 4 is 29.5 Å². The third kappa shape index (κ3) is 7.93. The minimum atomic E-state index is -5.19. The molecule has 0 aromatic heterocycles. The van der Waals surface area contributed by atoms with Crippen molar-refractivity contribution in [3.63, 3.8) is 0 Å². The normalized spacial score (nSPS) is 15.7. The van der Waals surface area contributed by atoms with Crippen LogP contribution in [0.4, 0.5) is 22.0 Å². The molecule has 1 atom stereocenters. The van der Waals surface area contributed by atoms with E-state index in [0.717, 1.165) is 20.0 Å². The molecule has 1 aromatic carbocycles. The summed E-state index contributed by atoms with van der Waals surface area (Å²) in [6.07, 6.45) is -1.82. The number of carbonyl (C=O) groups is 3. The van der Waals surface area contributed by atoms with Gasteiger partial charge in [-0.15, -0.1) is 0 Å². The van der Waals surface area contributed by atoms with Crippen molar-refractivity contribution in [1.29, 1.82) is 0 Å². The Bertz CT molecular complexity index is 1150. The van der Waals surface area contributed by atoms with Crippen molar-refractivity contribution in [3.05, 3.63) is 56.6 Å². The molecule has 1 heterocycles. The Morgan fingerprint density at radius 2 is 1.62 bits per heavy atom. The number of dihydropyridines is 1. The average molecular weight is 582 g/mol. The number of benzene rings is 1. The summed E-state index contributed by atoms with van der Waals surface area (Å²) in [5.74, 6) is -6.14. The molecule has 7 nitrogen and oxygen atoms in total. The number of rotatable bonds is 12. The Morgan fingerprint density at radius 1 is 0.974 bits per heavy atom. The van der Waals surface area contributed by atoms with Crippen LogP contribution >= 0.6 is 11.6 Å². The number of nitrogens with one attached hydrogen (secondary N) is 1. The number of hydrogen-bond donors (Lipinski definition) is 1. The first-order valence-corrected chi connectivity index (χ1v) is 12.4. The molecule has 1 unspecified atom stereocenters. The van der Waals surface area contributed by atoms with Crippen LogP contribution in [0, 0.1) is 5.82 Å². The van der Waals surface area contributed by atoms with Crippen molar-refractivity contribution in [3.8, 4) is 0 Å². The summed E-state index contributed by atoms with van der Waals surface area (Å²) in [5, 5.41) is 1.63. The SMILES string of the molecule is COC(=O)CCCCCCCOC(=O)C1=C(C)NC(CF)=C(C(=O)OC)C1c1c(F)ccc(Cl)c1C(F)(F)F. The number of halogens is 6. The fourth-order valence-corrected chi connectivity index (χ4v) is 4.57. The van der Waals surface area contributed by atoms with Crippen LogP contribution in [0.1, 0.15) is 62.5 Å². The van der Waals surface area contributed by atoms with E-state index < -0.39 is 69.5 Å². The number of methoxy groups -OCH3 is 2. The lowest BCUT2D eigenvalue weighted by molar-refractivity contribution is -0.142. The second-order valence-electron chi connectivity index (χ2n) is 8.66. The molecule has 1 aliphatic rings. The molecule has 2 rings (SSSR count). The molecular weight excluding hydrogens is 553 g/mol. The van der Waals surface area contributed by atoms with Crippen LogP contribution < -0.4 is 5.32 Å². The van der Waals surface area contributed by atoms with Gasteiger partial charge in [0, 0.05) is 17.7 Å². The molecule has 1 aromatic rings. The highest BCUT2D eigenvalue weighted by Gasteiger charge is 2.46. The van der Waals surface area contributed by atoms with Gasteiger partial charge in [0.15, 0.2) is 0 Å². The van der Waals surface area contributed by atoms with Gasteiger partial charge in [-0.1, -0.05) is 30.9 Å². The minimum absolute atomic E-state index is 0.124. The molecule has 0 bridgehead atoms. The Balaban J connectivity index is 2.39. The highest BCUT2D eigenvalue weighted by atomic mass is 35.5. The fourth-order valence-electron chi connectivity index (χ4n) is 4.30. The van der Waals surface area contributed by atoms with Crippen LogP contribution in [-0.4, -0.2) is 45.4 Å². The molecule has 0 aliphatic carbocycles. The lowest BCUT2D eigenvalue weighted by atomic mass is 9.78.